The topological polar surface area (TPSA) is 89.0 Å². The molecule has 0 aliphatic carbocycles. The predicted molar refractivity (Wildman–Crippen MR) is 76.3 cm³/mol. The molecule has 20 heavy (non-hydrogen) atoms. The van der Waals surface area contributed by atoms with E-state index >= 15 is 0 Å². The highest BCUT2D eigenvalue weighted by Gasteiger charge is 2.32. The number of nitro groups is 1. The number of thioether (sulfide) groups is 1. The fourth-order valence-electron chi connectivity index (χ4n) is 1.69. The van der Waals surface area contributed by atoms with Gasteiger partial charge >= 0.3 is 5.88 Å². The molecule has 0 saturated carbocycles. The molecule has 106 valence electrons. The van der Waals surface area contributed by atoms with Crippen LogP contribution in [0.3, 0.4) is 0 Å². The van der Waals surface area contributed by atoms with Crippen LogP contribution >= 0.6 is 11.8 Å². The first kappa shape index (κ1) is 14.3. The number of aliphatic imine (C=N–C) groups is 1. The number of carbonyl (C=O) groups is 1. The van der Waals surface area contributed by atoms with Gasteiger partial charge in [-0.1, -0.05) is 0 Å². The highest BCUT2D eigenvalue weighted by atomic mass is 32.2. The lowest BCUT2D eigenvalue weighted by molar-refractivity contribution is -0.402. The molecule has 1 aliphatic rings. The van der Waals surface area contributed by atoms with Gasteiger partial charge in [-0.3, -0.25) is 24.8 Å². The molecule has 0 N–H and O–H groups in total. The molecule has 1 aliphatic heterocycles. The van der Waals surface area contributed by atoms with Gasteiger partial charge in [0.2, 0.25) is 0 Å². The molecule has 1 aromatic rings. The molecular formula is C12H13N3O4S. The maximum atomic E-state index is 12.1. The monoisotopic (exact) mass is 295 g/mol. The second kappa shape index (κ2) is 5.91. The van der Waals surface area contributed by atoms with E-state index in [9.17, 15) is 14.9 Å². The highest BCUT2D eigenvalue weighted by molar-refractivity contribution is 8.18. The number of hydrogen-bond donors (Lipinski definition) is 0. The first-order valence-electron chi connectivity index (χ1n) is 6.06. The summed E-state index contributed by atoms with van der Waals surface area (Å²) in [4.78, 5) is 28.3. The van der Waals surface area contributed by atoms with E-state index < -0.39 is 4.92 Å². The number of amides is 1. The van der Waals surface area contributed by atoms with Gasteiger partial charge < -0.3 is 4.42 Å². The Kier molecular flexibility index (Phi) is 4.23. The second-order valence-electron chi connectivity index (χ2n) is 3.85. The summed E-state index contributed by atoms with van der Waals surface area (Å²) < 4.78 is 5.02. The van der Waals surface area contributed by atoms with Crippen molar-refractivity contribution in [2.45, 2.75) is 13.8 Å². The van der Waals surface area contributed by atoms with Gasteiger partial charge in [0.1, 0.15) is 10.7 Å². The van der Waals surface area contributed by atoms with Crippen LogP contribution in [0, 0.1) is 10.1 Å². The third-order valence-electron chi connectivity index (χ3n) is 2.56. The minimum atomic E-state index is -0.617. The Morgan fingerprint density at radius 3 is 2.80 bits per heavy atom. The van der Waals surface area contributed by atoms with Crippen molar-refractivity contribution in [1.82, 2.24) is 4.90 Å². The van der Waals surface area contributed by atoms with Crippen molar-refractivity contribution in [2.24, 2.45) is 4.99 Å². The van der Waals surface area contributed by atoms with Gasteiger partial charge in [0.25, 0.3) is 5.91 Å². The number of likely N-dealkylation sites (N-methyl/N-ethyl adjacent to an activating group) is 1. The molecule has 0 aromatic carbocycles. The van der Waals surface area contributed by atoms with E-state index in [0.29, 0.717) is 23.2 Å². The molecule has 1 saturated heterocycles. The smallest absolute Gasteiger partial charge is 0.401 e. The number of hydrogen-bond acceptors (Lipinski definition) is 6. The summed E-state index contributed by atoms with van der Waals surface area (Å²) in [5.41, 5.74) is 0. The van der Waals surface area contributed by atoms with Crippen molar-refractivity contribution in [1.29, 1.82) is 0 Å². The van der Waals surface area contributed by atoms with E-state index in [1.54, 1.807) is 4.90 Å². The summed E-state index contributed by atoms with van der Waals surface area (Å²) >= 11 is 1.25. The van der Waals surface area contributed by atoms with Crippen molar-refractivity contribution >= 4 is 34.8 Å². The third-order valence-corrected chi connectivity index (χ3v) is 3.61. The van der Waals surface area contributed by atoms with Gasteiger partial charge in [-0.05, 0) is 31.7 Å². The van der Waals surface area contributed by atoms with E-state index in [0.717, 1.165) is 0 Å². The average molecular weight is 295 g/mol. The minimum Gasteiger partial charge on any atom is -0.401 e. The Morgan fingerprint density at radius 1 is 1.50 bits per heavy atom. The predicted octanol–water partition coefficient (Wildman–Crippen LogP) is 2.50. The van der Waals surface area contributed by atoms with E-state index in [1.165, 1.54) is 30.0 Å². The van der Waals surface area contributed by atoms with Crippen LogP contribution in [-0.2, 0) is 4.79 Å². The molecule has 2 rings (SSSR count). The zero-order valence-electron chi connectivity index (χ0n) is 11.0. The molecule has 0 unspecified atom stereocenters. The van der Waals surface area contributed by atoms with Gasteiger partial charge in [0.05, 0.1) is 11.0 Å². The largest absolute Gasteiger partial charge is 0.433 e. The fraction of sp³-hybridized carbons (Fsp3) is 0.333. The molecule has 7 nitrogen and oxygen atoms in total. The Bertz CT molecular complexity index is 606. The Morgan fingerprint density at radius 2 is 2.25 bits per heavy atom. The maximum absolute atomic E-state index is 12.1. The highest BCUT2D eigenvalue weighted by Crippen LogP contribution is 2.33. The summed E-state index contributed by atoms with van der Waals surface area (Å²) in [7, 11) is 0. The molecule has 0 atom stereocenters. The SMILES string of the molecule is CCN=C1S/C(=C/c2ccc([N+](=O)[O-])o2)C(=O)N1CC. The van der Waals surface area contributed by atoms with Crippen molar-refractivity contribution in [2.75, 3.05) is 13.1 Å². The quantitative estimate of drug-likeness (QED) is 0.483. The van der Waals surface area contributed by atoms with E-state index in [1.807, 2.05) is 13.8 Å². The lowest BCUT2D eigenvalue weighted by Gasteiger charge is -2.11. The van der Waals surface area contributed by atoms with Crippen LogP contribution in [0.15, 0.2) is 26.4 Å². The van der Waals surface area contributed by atoms with Crippen LogP contribution in [0.5, 0.6) is 0 Å². The molecule has 0 bridgehead atoms. The van der Waals surface area contributed by atoms with E-state index in [2.05, 4.69) is 4.99 Å². The first-order chi connectivity index (χ1) is 9.56. The van der Waals surface area contributed by atoms with Crippen molar-refractivity contribution in [3.05, 3.63) is 32.9 Å². The standard InChI is InChI=1S/C12H13N3O4S/c1-3-13-12-14(4-2)11(16)9(20-12)7-8-5-6-10(19-8)15(17)18/h5-7H,3-4H2,1-2H3/b9-7+,13-12?. The fourth-order valence-corrected chi connectivity index (χ4v) is 2.77. The van der Waals surface area contributed by atoms with Crippen LogP contribution in [0.25, 0.3) is 6.08 Å². The van der Waals surface area contributed by atoms with E-state index in [4.69, 9.17) is 4.42 Å². The maximum Gasteiger partial charge on any atom is 0.433 e. The number of amidine groups is 1. The third kappa shape index (κ3) is 2.74. The lowest BCUT2D eigenvalue weighted by atomic mass is 10.3. The zero-order valence-corrected chi connectivity index (χ0v) is 11.8. The Balaban J connectivity index is 2.28. The molecule has 0 radical (unpaired) electrons. The normalized spacial score (nSPS) is 19.3. The van der Waals surface area contributed by atoms with Crippen molar-refractivity contribution in [3.8, 4) is 0 Å². The first-order valence-corrected chi connectivity index (χ1v) is 6.88. The van der Waals surface area contributed by atoms with Gasteiger partial charge in [-0.15, -0.1) is 0 Å². The van der Waals surface area contributed by atoms with Crippen LogP contribution in [-0.4, -0.2) is 34.0 Å². The Labute approximate surface area is 119 Å². The van der Waals surface area contributed by atoms with Gasteiger partial charge in [0, 0.05) is 19.2 Å². The molecule has 1 fully saturated rings. The van der Waals surface area contributed by atoms with Crippen LogP contribution in [0.4, 0.5) is 5.88 Å². The molecule has 1 aromatic heterocycles. The number of nitrogens with zero attached hydrogens (tertiary/aromatic N) is 3. The molecule has 1 amide bonds. The number of carbonyl (C=O) groups excluding carboxylic acids is 1. The number of rotatable bonds is 4. The van der Waals surface area contributed by atoms with E-state index in [-0.39, 0.29) is 17.6 Å². The minimum absolute atomic E-state index is 0.163. The number of furan rings is 1. The van der Waals surface area contributed by atoms with Gasteiger partial charge in [-0.2, -0.15) is 0 Å². The summed E-state index contributed by atoms with van der Waals surface area (Å²) in [5.74, 6) is -0.229. The molecule has 0 spiro atoms. The molecule has 2 heterocycles. The summed E-state index contributed by atoms with van der Waals surface area (Å²) in [6, 6.07) is 2.72. The van der Waals surface area contributed by atoms with Crippen molar-refractivity contribution in [3.63, 3.8) is 0 Å². The molecular weight excluding hydrogens is 282 g/mol. The zero-order chi connectivity index (χ0) is 14.7. The molecule has 8 heteroatoms. The van der Waals surface area contributed by atoms with Gasteiger partial charge in [-0.25, -0.2) is 0 Å². The summed E-state index contributed by atoms with van der Waals surface area (Å²) in [5, 5.41) is 11.2. The Hall–Kier alpha value is -2.09. The van der Waals surface area contributed by atoms with Gasteiger partial charge in [0.15, 0.2) is 5.17 Å². The average Bonchev–Trinajstić information content (AvgIpc) is 2.97. The van der Waals surface area contributed by atoms with Crippen LogP contribution in [0.2, 0.25) is 0 Å². The summed E-state index contributed by atoms with van der Waals surface area (Å²) in [6.07, 6.45) is 1.50. The van der Waals surface area contributed by atoms with Crippen LogP contribution < -0.4 is 0 Å². The van der Waals surface area contributed by atoms with Crippen molar-refractivity contribution < 1.29 is 14.1 Å². The summed E-state index contributed by atoms with van der Waals surface area (Å²) in [6.45, 7) is 4.87. The second-order valence-corrected chi connectivity index (χ2v) is 4.86. The lowest BCUT2D eigenvalue weighted by Crippen LogP contribution is -2.28. The van der Waals surface area contributed by atoms with Crippen LogP contribution in [0.1, 0.15) is 19.6 Å².